The number of aromatic nitrogens is 4. The number of nitrogens with one attached hydrogen (secondary N) is 1. The number of hydrogen-bond donors (Lipinski definition) is 1. The smallest absolute Gasteiger partial charge is 0.268 e. The molecule has 2 heterocycles. The van der Waals surface area contributed by atoms with E-state index in [1.807, 2.05) is 13.0 Å². The summed E-state index contributed by atoms with van der Waals surface area (Å²) in [4.78, 5) is 17.6. The van der Waals surface area contributed by atoms with Gasteiger partial charge in [-0.15, -0.1) is 0 Å². The van der Waals surface area contributed by atoms with Crippen LogP contribution in [0, 0.1) is 12.7 Å². The molecule has 0 atom stereocenters. The maximum Gasteiger partial charge on any atom is 0.269 e. The summed E-state index contributed by atoms with van der Waals surface area (Å²) in [5.74, 6) is 0.0405. The van der Waals surface area contributed by atoms with Gasteiger partial charge in [-0.05, 0) is 36.2 Å². The fourth-order valence-corrected chi connectivity index (χ4v) is 3.93. The van der Waals surface area contributed by atoms with Crippen molar-refractivity contribution in [3.8, 4) is 5.69 Å². The lowest BCUT2D eigenvalue weighted by atomic mass is 10.2. The average Bonchev–Trinajstić information content (AvgIpc) is 3.13. The standard InChI is InChI=1S/C19H14ClFN4OS/c1-11-14(20)6-4-8-16(11)25-18(26)13-9-22-24-17(13)23-19(25)27-10-12-5-2-3-7-15(12)21/h2-9H,10H2,1H3,(H,22,24). The van der Waals surface area contributed by atoms with Crippen LogP contribution in [-0.4, -0.2) is 19.7 Å². The Hall–Kier alpha value is -2.64. The zero-order valence-electron chi connectivity index (χ0n) is 14.2. The van der Waals surface area contributed by atoms with Crippen LogP contribution < -0.4 is 5.56 Å². The number of rotatable bonds is 4. The van der Waals surface area contributed by atoms with Gasteiger partial charge in [0, 0.05) is 10.8 Å². The quantitative estimate of drug-likeness (QED) is 0.404. The van der Waals surface area contributed by atoms with Crippen LogP contribution in [0.25, 0.3) is 16.7 Å². The highest BCUT2D eigenvalue weighted by atomic mass is 35.5. The van der Waals surface area contributed by atoms with Crippen LogP contribution in [0.5, 0.6) is 0 Å². The van der Waals surface area contributed by atoms with Crippen molar-refractivity contribution in [1.29, 1.82) is 0 Å². The Morgan fingerprint density at radius 2 is 2.04 bits per heavy atom. The van der Waals surface area contributed by atoms with Crippen molar-refractivity contribution in [3.63, 3.8) is 0 Å². The van der Waals surface area contributed by atoms with Crippen molar-refractivity contribution in [2.75, 3.05) is 0 Å². The highest BCUT2D eigenvalue weighted by Gasteiger charge is 2.17. The van der Waals surface area contributed by atoms with Gasteiger partial charge in [0.15, 0.2) is 10.8 Å². The minimum absolute atomic E-state index is 0.254. The first-order chi connectivity index (χ1) is 13.1. The van der Waals surface area contributed by atoms with Crippen molar-refractivity contribution in [1.82, 2.24) is 19.7 Å². The summed E-state index contributed by atoms with van der Waals surface area (Å²) in [6, 6.07) is 11.9. The molecular weight excluding hydrogens is 387 g/mol. The van der Waals surface area contributed by atoms with E-state index in [2.05, 4.69) is 15.2 Å². The van der Waals surface area contributed by atoms with Crippen LogP contribution in [-0.2, 0) is 5.75 Å². The predicted octanol–water partition coefficient (Wildman–Crippen LogP) is 4.50. The van der Waals surface area contributed by atoms with Gasteiger partial charge in [-0.25, -0.2) is 9.37 Å². The van der Waals surface area contributed by atoms with Gasteiger partial charge in [0.05, 0.1) is 11.9 Å². The highest BCUT2D eigenvalue weighted by molar-refractivity contribution is 7.98. The number of benzene rings is 2. The fraction of sp³-hybridized carbons (Fsp3) is 0.105. The molecular formula is C19H14ClFN4OS. The maximum atomic E-state index is 14.0. The fourth-order valence-electron chi connectivity index (χ4n) is 2.78. The lowest BCUT2D eigenvalue weighted by Gasteiger charge is -2.15. The first-order valence-electron chi connectivity index (χ1n) is 8.14. The van der Waals surface area contributed by atoms with Crippen molar-refractivity contribution in [2.24, 2.45) is 0 Å². The van der Waals surface area contributed by atoms with Crippen molar-refractivity contribution >= 4 is 34.4 Å². The molecule has 1 N–H and O–H groups in total. The van der Waals surface area contributed by atoms with E-state index in [1.165, 1.54) is 28.6 Å². The van der Waals surface area contributed by atoms with Gasteiger partial charge >= 0.3 is 0 Å². The van der Waals surface area contributed by atoms with Gasteiger partial charge in [-0.1, -0.05) is 47.6 Å². The largest absolute Gasteiger partial charge is 0.269 e. The summed E-state index contributed by atoms with van der Waals surface area (Å²) in [5, 5.41) is 8.01. The minimum Gasteiger partial charge on any atom is -0.268 e. The second-order valence-electron chi connectivity index (χ2n) is 5.93. The molecule has 0 unspecified atom stereocenters. The first kappa shape index (κ1) is 17.8. The normalized spacial score (nSPS) is 11.2. The lowest BCUT2D eigenvalue weighted by Crippen LogP contribution is -2.22. The van der Waals surface area contributed by atoms with Crippen LogP contribution in [0.4, 0.5) is 4.39 Å². The molecule has 2 aromatic heterocycles. The molecule has 136 valence electrons. The highest BCUT2D eigenvalue weighted by Crippen LogP contribution is 2.28. The predicted molar refractivity (Wildman–Crippen MR) is 105 cm³/mol. The Kier molecular flexibility index (Phi) is 4.72. The van der Waals surface area contributed by atoms with Crippen molar-refractivity contribution in [2.45, 2.75) is 17.8 Å². The minimum atomic E-state index is -0.291. The van der Waals surface area contributed by atoms with Gasteiger partial charge in [-0.2, -0.15) is 5.10 Å². The van der Waals surface area contributed by atoms with E-state index in [-0.39, 0.29) is 11.4 Å². The molecule has 4 aromatic rings. The third-order valence-electron chi connectivity index (χ3n) is 4.25. The summed E-state index contributed by atoms with van der Waals surface area (Å²) in [5.41, 5.74) is 2.08. The van der Waals surface area contributed by atoms with E-state index >= 15 is 0 Å². The molecule has 5 nitrogen and oxygen atoms in total. The van der Waals surface area contributed by atoms with Crippen molar-refractivity contribution < 1.29 is 4.39 Å². The summed E-state index contributed by atoms with van der Waals surface area (Å²) in [6.45, 7) is 1.84. The maximum absolute atomic E-state index is 14.0. The number of fused-ring (bicyclic) bond motifs is 1. The molecule has 0 aliphatic carbocycles. The van der Waals surface area contributed by atoms with E-state index in [0.717, 1.165) is 5.56 Å². The molecule has 8 heteroatoms. The molecule has 0 radical (unpaired) electrons. The summed E-state index contributed by atoms with van der Waals surface area (Å²) in [6.07, 6.45) is 1.45. The molecule has 0 spiro atoms. The van der Waals surface area contributed by atoms with Crippen molar-refractivity contribution in [3.05, 3.63) is 81.0 Å². The molecule has 4 rings (SSSR count). The molecule has 0 fully saturated rings. The number of H-pyrrole nitrogens is 1. The van der Waals surface area contributed by atoms with Gasteiger partial charge in [-0.3, -0.25) is 14.5 Å². The first-order valence-corrected chi connectivity index (χ1v) is 9.50. The molecule has 0 saturated heterocycles. The van der Waals surface area contributed by atoms with E-state index in [9.17, 15) is 9.18 Å². The Morgan fingerprint density at radius 3 is 2.85 bits per heavy atom. The van der Waals surface area contributed by atoms with Crippen LogP contribution in [0.2, 0.25) is 5.02 Å². The van der Waals surface area contributed by atoms with E-state index in [1.54, 1.807) is 30.3 Å². The molecule has 27 heavy (non-hydrogen) atoms. The number of nitrogens with zero attached hydrogens (tertiary/aromatic N) is 3. The Bertz CT molecular complexity index is 1200. The average molecular weight is 401 g/mol. The number of hydrogen-bond acceptors (Lipinski definition) is 4. The number of halogens is 2. The number of thioether (sulfide) groups is 1. The Labute approximate surface area is 163 Å². The van der Waals surface area contributed by atoms with Crippen LogP contribution in [0.3, 0.4) is 0 Å². The van der Waals surface area contributed by atoms with Gasteiger partial charge in [0.1, 0.15) is 11.2 Å². The lowest BCUT2D eigenvalue weighted by molar-refractivity contribution is 0.617. The second kappa shape index (κ2) is 7.17. The molecule has 0 amide bonds. The topological polar surface area (TPSA) is 63.6 Å². The molecule has 2 aromatic carbocycles. The van der Waals surface area contributed by atoms with Gasteiger partial charge in [0.2, 0.25) is 0 Å². The van der Waals surface area contributed by atoms with Crippen LogP contribution >= 0.6 is 23.4 Å². The third kappa shape index (κ3) is 3.24. The molecule has 0 saturated carbocycles. The monoisotopic (exact) mass is 400 g/mol. The summed E-state index contributed by atoms with van der Waals surface area (Å²) >= 11 is 7.53. The SMILES string of the molecule is Cc1c(Cl)cccc1-n1c(SCc2ccccc2F)nc2[nH]ncc2c1=O. The Balaban J connectivity index is 1.87. The van der Waals surface area contributed by atoms with Crippen LogP contribution in [0.15, 0.2) is 58.6 Å². The molecule has 0 aliphatic rings. The molecule has 0 bridgehead atoms. The summed E-state index contributed by atoms with van der Waals surface area (Å²) < 4.78 is 15.5. The zero-order valence-corrected chi connectivity index (χ0v) is 15.8. The van der Waals surface area contributed by atoms with Crippen LogP contribution in [0.1, 0.15) is 11.1 Å². The molecule has 0 aliphatic heterocycles. The van der Waals surface area contributed by atoms with E-state index in [0.29, 0.717) is 38.2 Å². The van der Waals surface area contributed by atoms with E-state index in [4.69, 9.17) is 11.6 Å². The third-order valence-corrected chi connectivity index (χ3v) is 5.64. The van der Waals surface area contributed by atoms with Gasteiger partial charge < -0.3 is 0 Å². The van der Waals surface area contributed by atoms with Gasteiger partial charge in [0.25, 0.3) is 5.56 Å². The second-order valence-corrected chi connectivity index (χ2v) is 7.28. The Morgan fingerprint density at radius 1 is 1.22 bits per heavy atom. The summed E-state index contributed by atoms with van der Waals surface area (Å²) in [7, 11) is 0. The zero-order chi connectivity index (χ0) is 19.0. The van der Waals surface area contributed by atoms with E-state index < -0.39 is 0 Å². The number of aromatic amines is 1.